The number of amides is 1. The van der Waals surface area contributed by atoms with Crippen LogP contribution in [0.15, 0.2) is 24.3 Å². The Morgan fingerprint density at radius 2 is 2.21 bits per heavy atom. The number of rotatable bonds is 6. The number of allylic oxidation sites excluding steroid dienone is 2. The molecular weight excluding hydrogens is 430 g/mol. The van der Waals surface area contributed by atoms with E-state index in [0.717, 1.165) is 35.5 Å². The van der Waals surface area contributed by atoms with Gasteiger partial charge in [-0.15, -0.1) is 0 Å². The highest BCUT2D eigenvalue weighted by atomic mass is 16.5. The summed E-state index contributed by atoms with van der Waals surface area (Å²) in [5.41, 5.74) is 3.86. The molecule has 2 aromatic rings. The molecule has 0 bridgehead atoms. The Bertz CT molecular complexity index is 1210. The summed E-state index contributed by atoms with van der Waals surface area (Å²) in [4.78, 5) is 24.4. The van der Waals surface area contributed by atoms with Crippen molar-refractivity contribution in [2.45, 2.75) is 51.2 Å². The maximum atomic E-state index is 13.0. The number of hydrogen-bond donors (Lipinski definition) is 1. The van der Waals surface area contributed by atoms with Crippen LogP contribution in [0.4, 0.5) is 5.82 Å². The molecule has 3 aliphatic rings. The molecule has 176 valence electrons. The summed E-state index contributed by atoms with van der Waals surface area (Å²) >= 11 is 0. The molecule has 1 saturated heterocycles. The average molecular weight is 460 g/mol. The number of nitriles is 1. The number of carbonyl (C=O) groups is 1. The van der Waals surface area contributed by atoms with Crippen molar-refractivity contribution >= 4 is 17.3 Å². The highest BCUT2D eigenvalue weighted by Gasteiger charge is 2.39. The van der Waals surface area contributed by atoms with E-state index in [0.29, 0.717) is 55.2 Å². The molecule has 1 N–H and O–H groups in total. The Kier molecular flexibility index (Phi) is 5.74. The number of methoxy groups -OCH3 is 1. The maximum Gasteiger partial charge on any atom is 0.254 e. The van der Waals surface area contributed by atoms with Crippen LogP contribution < -0.4 is 10.1 Å². The van der Waals surface area contributed by atoms with E-state index in [9.17, 15) is 10.1 Å². The number of carbonyl (C=O) groups excluding carboxylic acids is 1. The minimum absolute atomic E-state index is 0.0203. The van der Waals surface area contributed by atoms with Crippen LogP contribution in [0, 0.1) is 11.3 Å². The highest BCUT2D eigenvalue weighted by Crippen LogP contribution is 2.41. The lowest BCUT2D eigenvalue weighted by Gasteiger charge is -2.31. The van der Waals surface area contributed by atoms with Crippen LogP contribution in [-0.2, 0) is 17.6 Å². The lowest BCUT2D eigenvalue weighted by molar-refractivity contribution is -0.0124. The predicted octanol–water partition coefficient (Wildman–Crippen LogP) is 3.36. The number of hydrogen-bond acceptors (Lipinski definition) is 7. The fourth-order valence-electron chi connectivity index (χ4n) is 4.54. The van der Waals surface area contributed by atoms with Crippen LogP contribution in [-0.4, -0.2) is 59.2 Å². The molecule has 1 amide bonds. The highest BCUT2D eigenvalue weighted by molar-refractivity contribution is 5.95. The Morgan fingerprint density at radius 1 is 1.38 bits per heavy atom. The van der Waals surface area contributed by atoms with E-state index in [4.69, 9.17) is 19.4 Å². The summed E-state index contributed by atoms with van der Waals surface area (Å²) in [6.07, 6.45) is 5.20. The molecule has 5 rings (SSSR count). The number of morpholine rings is 1. The van der Waals surface area contributed by atoms with Gasteiger partial charge >= 0.3 is 0 Å². The fourth-order valence-corrected chi connectivity index (χ4v) is 4.54. The Labute approximate surface area is 199 Å². The SMILES string of the molecule is COc1cc(C(=O)N2CCO[C@@H](C)C2)ccc1Cc1nc2c(c(NC3(C)CC3)n1)C(C#N)=CC2. The largest absolute Gasteiger partial charge is 0.496 e. The van der Waals surface area contributed by atoms with Crippen LogP contribution in [0.1, 0.15) is 59.7 Å². The molecule has 8 nitrogen and oxygen atoms in total. The second-order valence-corrected chi connectivity index (χ2v) is 9.57. The minimum Gasteiger partial charge on any atom is -0.496 e. The van der Waals surface area contributed by atoms with Gasteiger partial charge in [0.15, 0.2) is 0 Å². The van der Waals surface area contributed by atoms with Gasteiger partial charge in [-0.05, 0) is 38.8 Å². The zero-order valence-corrected chi connectivity index (χ0v) is 19.9. The number of benzene rings is 1. The lowest BCUT2D eigenvalue weighted by Crippen LogP contribution is -2.44. The van der Waals surface area contributed by atoms with Crippen LogP contribution in [0.25, 0.3) is 5.57 Å². The van der Waals surface area contributed by atoms with Crippen molar-refractivity contribution in [1.29, 1.82) is 5.26 Å². The van der Waals surface area contributed by atoms with Gasteiger partial charge < -0.3 is 19.7 Å². The molecule has 1 aromatic heterocycles. The smallest absolute Gasteiger partial charge is 0.254 e. The summed E-state index contributed by atoms with van der Waals surface area (Å²) in [5, 5.41) is 13.1. The van der Waals surface area contributed by atoms with Gasteiger partial charge in [0.25, 0.3) is 5.91 Å². The minimum atomic E-state index is -0.0203. The second-order valence-electron chi connectivity index (χ2n) is 9.57. The van der Waals surface area contributed by atoms with Gasteiger partial charge in [0.05, 0.1) is 42.7 Å². The Balaban J connectivity index is 1.41. The van der Waals surface area contributed by atoms with E-state index >= 15 is 0 Å². The van der Waals surface area contributed by atoms with Crippen molar-refractivity contribution < 1.29 is 14.3 Å². The molecule has 1 atom stereocenters. The first kappa shape index (κ1) is 22.4. The van der Waals surface area contributed by atoms with Gasteiger partial charge in [-0.3, -0.25) is 4.79 Å². The fraction of sp³-hybridized carbons (Fsp3) is 0.462. The van der Waals surface area contributed by atoms with E-state index in [2.05, 4.69) is 18.3 Å². The number of nitrogens with one attached hydrogen (secondary N) is 1. The van der Waals surface area contributed by atoms with Crippen LogP contribution in [0.5, 0.6) is 5.75 Å². The third-order valence-corrected chi connectivity index (χ3v) is 6.75. The summed E-state index contributed by atoms with van der Waals surface area (Å²) < 4.78 is 11.2. The molecule has 1 saturated carbocycles. The quantitative estimate of drug-likeness (QED) is 0.707. The van der Waals surface area contributed by atoms with Crippen molar-refractivity contribution in [2.24, 2.45) is 0 Å². The molecule has 0 radical (unpaired) electrons. The number of anilines is 1. The van der Waals surface area contributed by atoms with Crippen molar-refractivity contribution in [3.05, 3.63) is 52.5 Å². The van der Waals surface area contributed by atoms with E-state index < -0.39 is 0 Å². The monoisotopic (exact) mass is 459 g/mol. The standard InChI is InChI=1S/C26H29N5O3/c1-16-15-31(10-11-34-16)25(32)18-5-4-17(21(12-18)33-3)13-22-28-20-7-6-19(14-27)23(20)24(29-22)30-26(2)8-9-26/h4-6,12,16H,7-11,13,15H2,1-3H3,(H,28,29,30)/t16-/m0/s1. The van der Waals surface area contributed by atoms with Gasteiger partial charge in [0.2, 0.25) is 0 Å². The number of nitrogens with zero attached hydrogens (tertiary/aromatic N) is 4. The Morgan fingerprint density at radius 3 is 2.91 bits per heavy atom. The van der Waals surface area contributed by atoms with E-state index in [1.54, 1.807) is 13.2 Å². The van der Waals surface area contributed by atoms with Crippen molar-refractivity contribution in [1.82, 2.24) is 14.9 Å². The third-order valence-electron chi connectivity index (χ3n) is 6.75. The van der Waals surface area contributed by atoms with Gasteiger partial charge in [0, 0.05) is 42.6 Å². The molecule has 2 fully saturated rings. The maximum absolute atomic E-state index is 13.0. The molecule has 1 aromatic carbocycles. The molecular formula is C26H29N5O3. The van der Waals surface area contributed by atoms with E-state index in [-0.39, 0.29) is 17.6 Å². The molecule has 34 heavy (non-hydrogen) atoms. The normalized spacial score (nSPS) is 20.2. The number of ether oxygens (including phenoxy) is 2. The summed E-state index contributed by atoms with van der Waals surface area (Å²) in [7, 11) is 1.61. The number of aromatic nitrogens is 2. The summed E-state index contributed by atoms with van der Waals surface area (Å²) in [6, 6.07) is 7.83. The van der Waals surface area contributed by atoms with Gasteiger partial charge in [-0.2, -0.15) is 5.26 Å². The first-order chi connectivity index (χ1) is 16.4. The molecule has 2 heterocycles. The second kappa shape index (κ2) is 8.73. The molecule has 1 aliphatic heterocycles. The average Bonchev–Trinajstić information content (AvgIpc) is 3.40. The summed E-state index contributed by atoms with van der Waals surface area (Å²) in [5.74, 6) is 2.01. The third kappa shape index (κ3) is 4.36. The number of fused-ring (bicyclic) bond motifs is 1. The zero-order chi connectivity index (χ0) is 23.9. The van der Waals surface area contributed by atoms with E-state index in [1.165, 1.54) is 0 Å². The van der Waals surface area contributed by atoms with Gasteiger partial charge in [-0.1, -0.05) is 12.1 Å². The molecule has 2 aliphatic carbocycles. The van der Waals surface area contributed by atoms with Gasteiger partial charge in [0.1, 0.15) is 17.4 Å². The summed E-state index contributed by atoms with van der Waals surface area (Å²) in [6.45, 7) is 5.86. The van der Waals surface area contributed by atoms with Crippen molar-refractivity contribution in [2.75, 3.05) is 32.1 Å². The first-order valence-corrected chi connectivity index (χ1v) is 11.8. The molecule has 0 unspecified atom stereocenters. The van der Waals surface area contributed by atoms with Crippen LogP contribution in [0.3, 0.4) is 0 Å². The predicted molar refractivity (Wildman–Crippen MR) is 128 cm³/mol. The lowest BCUT2D eigenvalue weighted by atomic mass is 10.0. The van der Waals surface area contributed by atoms with Crippen LogP contribution >= 0.6 is 0 Å². The molecule has 0 spiro atoms. The Hall–Kier alpha value is -3.44. The van der Waals surface area contributed by atoms with Crippen LogP contribution in [0.2, 0.25) is 0 Å². The van der Waals surface area contributed by atoms with E-state index in [1.807, 2.05) is 30.0 Å². The topological polar surface area (TPSA) is 100 Å². The van der Waals surface area contributed by atoms with Crippen molar-refractivity contribution in [3.8, 4) is 11.8 Å². The zero-order valence-electron chi connectivity index (χ0n) is 19.9. The molecule has 8 heteroatoms. The van der Waals surface area contributed by atoms with Gasteiger partial charge in [-0.25, -0.2) is 9.97 Å². The van der Waals surface area contributed by atoms with Crippen molar-refractivity contribution in [3.63, 3.8) is 0 Å². The first-order valence-electron chi connectivity index (χ1n) is 11.8.